The fourth-order valence-corrected chi connectivity index (χ4v) is 3.96. The van der Waals surface area contributed by atoms with Gasteiger partial charge in [-0.1, -0.05) is 43.5 Å². The zero-order valence-corrected chi connectivity index (χ0v) is 16.0. The molecule has 128 valence electrons. The highest BCUT2D eigenvalue weighted by atomic mass is 35.5. The molecular weight excluding hydrogens is 343 g/mol. The molecule has 1 atom stereocenters. The first-order valence-corrected chi connectivity index (χ1v) is 9.17. The third-order valence-corrected chi connectivity index (χ3v) is 5.13. The number of fused-ring (bicyclic) bond motifs is 1. The molecule has 24 heavy (non-hydrogen) atoms. The summed E-state index contributed by atoms with van der Waals surface area (Å²) in [7, 11) is 0. The summed E-state index contributed by atoms with van der Waals surface area (Å²) >= 11 is 12.4. The lowest BCUT2D eigenvalue weighted by molar-refractivity contribution is 0.546. The van der Waals surface area contributed by atoms with Crippen LogP contribution in [0.1, 0.15) is 56.0 Å². The van der Waals surface area contributed by atoms with E-state index in [4.69, 9.17) is 32.7 Å². The van der Waals surface area contributed by atoms with Gasteiger partial charge in [0.25, 0.3) is 0 Å². The van der Waals surface area contributed by atoms with Crippen LogP contribution in [0.25, 0.3) is 17.0 Å². The van der Waals surface area contributed by atoms with Gasteiger partial charge in [0.1, 0.15) is 11.5 Å². The fraction of sp³-hybridized carbons (Fsp3) is 0.421. The van der Waals surface area contributed by atoms with Crippen molar-refractivity contribution < 1.29 is 4.42 Å². The molecule has 3 aromatic rings. The average Bonchev–Trinajstić information content (AvgIpc) is 2.99. The first-order valence-electron chi connectivity index (χ1n) is 8.41. The molecule has 0 fully saturated rings. The molecular formula is C19H22Cl2N2O. The van der Waals surface area contributed by atoms with Crippen molar-refractivity contribution in [3.8, 4) is 11.3 Å². The Bertz CT molecular complexity index is 879. The van der Waals surface area contributed by atoms with Gasteiger partial charge in [0.2, 0.25) is 5.71 Å². The van der Waals surface area contributed by atoms with E-state index in [9.17, 15) is 0 Å². The lowest BCUT2D eigenvalue weighted by Gasteiger charge is -2.12. The molecule has 0 N–H and O–H groups in total. The number of nitrogens with zero attached hydrogens (tertiary/aromatic N) is 2. The fourth-order valence-electron chi connectivity index (χ4n) is 3.47. The molecule has 2 aromatic heterocycles. The van der Waals surface area contributed by atoms with Gasteiger partial charge in [-0.25, -0.2) is 0 Å². The number of benzene rings is 1. The van der Waals surface area contributed by atoms with Gasteiger partial charge in [0.05, 0.1) is 10.7 Å². The van der Waals surface area contributed by atoms with Gasteiger partial charge in [0, 0.05) is 16.1 Å². The van der Waals surface area contributed by atoms with E-state index in [0.717, 1.165) is 47.7 Å². The Hall–Kier alpha value is -1.45. The third kappa shape index (κ3) is 2.84. The Kier molecular flexibility index (Phi) is 4.93. The SMILES string of the molecule is CCCC(CC)c1c(C)nn2c(-c3ccc(Cl)cc3Cl)c(C)oc12. The second-order valence-electron chi connectivity index (χ2n) is 6.24. The van der Waals surface area contributed by atoms with E-state index in [1.165, 1.54) is 5.56 Å². The van der Waals surface area contributed by atoms with Crippen molar-refractivity contribution in [2.24, 2.45) is 0 Å². The van der Waals surface area contributed by atoms with E-state index in [1.54, 1.807) is 6.07 Å². The molecule has 0 aliphatic heterocycles. The molecule has 0 bridgehead atoms. The highest BCUT2D eigenvalue weighted by Crippen LogP contribution is 2.38. The van der Waals surface area contributed by atoms with Crippen LogP contribution < -0.4 is 0 Å². The van der Waals surface area contributed by atoms with E-state index >= 15 is 0 Å². The third-order valence-electron chi connectivity index (χ3n) is 4.58. The number of aryl methyl sites for hydroxylation is 2. The first kappa shape index (κ1) is 17.4. The van der Waals surface area contributed by atoms with Crippen LogP contribution >= 0.6 is 23.2 Å². The van der Waals surface area contributed by atoms with Gasteiger partial charge in [-0.2, -0.15) is 9.61 Å². The minimum Gasteiger partial charge on any atom is -0.441 e. The molecule has 0 saturated carbocycles. The second-order valence-corrected chi connectivity index (χ2v) is 7.08. The largest absolute Gasteiger partial charge is 0.441 e. The molecule has 0 aliphatic rings. The maximum absolute atomic E-state index is 6.41. The smallest absolute Gasteiger partial charge is 0.226 e. The summed E-state index contributed by atoms with van der Waals surface area (Å²) in [6, 6.07) is 5.51. The van der Waals surface area contributed by atoms with Gasteiger partial charge in [-0.3, -0.25) is 0 Å². The van der Waals surface area contributed by atoms with Crippen LogP contribution in [0.5, 0.6) is 0 Å². The Morgan fingerprint density at radius 3 is 2.58 bits per heavy atom. The zero-order valence-electron chi connectivity index (χ0n) is 14.5. The Balaban J connectivity index is 2.23. The summed E-state index contributed by atoms with van der Waals surface area (Å²) in [5.41, 5.74) is 4.87. The predicted molar refractivity (Wildman–Crippen MR) is 100 cm³/mol. The molecule has 0 saturated heterocycles. The van der Waals surface area contributed by atoms with Crippen LogP contribution in [0, 0.1) is 13.8 Å². The zero-order chi connectivity index (χ0) is 17.4. The monoisotopic (exact) mass is 364 g/mol. The minimum atomic E-state index is 0.464. The number of rotatable bonds is 5. The van der Waals surface area contributed by atoms with Crippen molar-refractivity contribution in [2.75, 3.05) is 0 Å². The quantitative estimate of drug-likeness (QED) is 0.497. The highest BCUT2D eigenvalue weighted by Gasteiger charge is 2.25. The molecule has 3 nitrogen and oxygen atoms in total. The van der Waals surface area contributed by atoms with Crippen LogP contribution in [-0.2, 0) is 0 Å². The summed E-state index contributed by atoms with van der Waals surface area (Å²) in [6.07, 6.45) is 3.35. The van der Waals surface area contributed by atoms with E-state index in [-0.39, 0.29) is 0 Å². The molecule has 0 aliphatic carbocycles. The van der Waals surface area contributed by atoms with E-state index in [2.05, 4.69) is 20.8 Å². The van der Waals surface area contributed by atoms with Gasteiger partial charge in [-0.15, -0.1) is 0 Å². The summed E-state index contributed by atoms with van der Waals surface area (Å²) in [6.45, 7) is 8.44. The lowest BCUT2D eigenvalue weighted by atomic mass is 9.92. The summed E-state index contributed by atoms with van der Waals surface area (Å²) in [5.74, 6) is 1.28. The lowest BCUT2D eigenvalue weighted by Crippen LogP contribution is -1.98. The van der Waals surface area contributed by atoms with Gasteiger partial charge < -0.3 is 4.42 Å². The van der Waals surface area contributed by atoms with Crippen molar-refractivity contribution in [3.05, 3.63) is 45.3 Å². The maximum atomic E-state index is 6.41. The second kappa shape index (κ2) is 6.81. The van der Waals surface area contributed by atoms with Gasteiger partial charge >= 0.3 is 0 Å². The van der Waals surface area contributed by atoms with Crippen LogP contribution in [-0.4, -0.2) is 9.61 Å². The highest BCUT2D eigenvalue weighted by molar-refractivity contribution is 6.36. The number of oxazole rings is 1. The van der Waals surface area contributed by atoms with E-state index < -0.39 is 0 Å². The number of hydrogen-bond donors (Lipinski definition) is 0. The molecule has 0 radical (unpaired) electrons. The Morgan fingerprint density at radius 1 is 1.21 bits per heavy atom. The molecule has 0 spiro atoms. The normalized spacial score (nSPS) is 12.9. The topological polar surface area (TPSA) is 30.4 Å². The van der Waals surface area contributed by atoms with Crippen molar-refractivity contribution in [3.63, 3.8) is 0 Å². The Labute approximate surface area is 152 Å². The Morgan fingerprint density at radius 2 is 1.96 bits per heavy atom. The predicted octanol–water partition coefficient (Wildman–Crippen LogP) is 6.81. The average molecular weight is 365 g/mol. The molecule has 3 rings (SSSR count). The van der Waals surface area contributed by atoms with Crippen LogP contribution in [0.15, 0.2) is 22.6 Å². The molecule has 1 aromatic carbocycles. The molecule has 1 unspecified atom stereocenters. The summed E-state index contributed by atoms with van der Waals surface area (Å²) in [4.78, 5) is 0. The van der Waals surface area contributed by atoms with Crippen molar-refractivity contribution >= 4 is 28.9 Å². The van der Waals surface area contributed by atoms with E-state index in [0.29, 0.717) is 16.0 Å². The summed E-state index contributed by atoms with van der Waals surface area (Å²) in [5, 5.41) is 5.97. The standard InChI is InChI=1S/C19H22Cl2N2O/c1-5-7-13(6-2)17-11(3)22-23-18(12(4)24-19(17)23)15-9-8-14(20)10-16(15)21/h8-10,13H,5-7H2,1-4H3. The number of aromatic nitrogens is 2. The van der Waals surface area contributed by atoms with Gasteiger partial charge in [0.15, 0.2) is 0 Å². The van der Waals surface area contributed by atoms with Crippen LogP contribution in [0.3, 0.4) is 0 Å². The molecule has 0 amide bonds. The minimum absolute atomic E-state index is 0.464. The number of halogens is 2. The molecule has 2 heterocycles. The van der Waals surface area contributed by atoms with Crippen LogP contribution in [0.4, 0.5) is 0 Å². The van der Waals surface area contributed by atoms with Crippen molar-refractivity contribution in [1.82, 2.24) is 9.61 Å². The number of hydrogen-bond acceptors (Lipinski definition) is 2. The van der Waals surface area contributed by atoms with Crippen molar-refractivity contribution in [1.29, 1.82) is 0 Å². The van der Waals surface area contributed by atoms with E-state index in [1.807, 2.05) is 23.6 Å². The van der Waals surface area contributed by atoms with Crippen molar-refractivity contribution in [2.45, 2.75) is 52.9 Å². The summed E-state index contributed by atoms with van der Waals surface area (Å²) < 4.78 is 8.02. The molecule has 5 heteroatoms. The maximum Gasteiger partial charge on any atom is 0.226 e. The van der Waals surface area contributed by atoms with Gasteiger partial charge in [-0.05, 0) is 50.8 Å². The first-order chi connectivity index (χ1) is 11.5. The van der Waals surface area contributed by atoms with Crippen LogP contribution in [0.2, 0.25) is 10.0 Å².